The van der Waals surface area contributed by atoms with E-state index in [1.807, 2.05) is 12.1 Å². The Morgan fingerprint density at radius 3 is 2.52 bits per heavy atom. The van der Waals surface area contributed by atoms with Crippen molar-refractivity contribution < 1.29 is 9.53 Å². The molecule has 5 nitrogen and oxygen atoms in total. The van der Waals surface area contributed by atoms with Gasteiger partial charge in [0, 0.05) is 24.0 Å². The molecule has 114 valence electrons. The van der Waals surface area contributed by atoms with Gasteiger partial charge in [-0.3, -0.25) is 4.98 Å². The summed E-state index contributed by atoms with van der Waals surface area (Å²) < 4.78 is 5.18. The van der Waals surface area contributed by atoms with Crippen LogP contribution in [-0.4, -0.2) is 21.2 Å². The number of carbonyl (C=O) groups is 1. The molecule has 0 radical (unpaired) electrons. The van der Waals surface area contributed by atoms with E-state index in [9.17, 15) is 4.79 Å². The highest BCUT2D eigenvalue weighted by Crippen LogP contribution is 2.21. The first-order chi connectivity index (χ1) is 11.1. The van der Waals surface area contributed by atoms with E-state index in [2.05, 4.69) is 35.1 Å². The number of aryl methyl sites for hydroxylation is 2. The smallest absolute Gasteiger partial charge is 0.346 e. The van der Waals surface area contributed by atoms with Gasteiger partial charge >= 0.3 is 5.97 Å². The van der Waals surface area contributed by atoms with E-state index in [0.717, 1.165) is 11.3 Å². The van der Waals surface area contributed by atoms with Gasteiger partial charge in [-0.1, -0.05) is 12.1 Å². The van der Waals surface area contributed by atoms with Crippen LogP contribution in [0.25, 0.3) is 11.3 Å². The molecule has 0 aliphatic carbocycles. The SMILES string of the molecule is Cc1ccc(-c2ccc(OC(=O)c3cccnc3)nn2)cc1C. The lowest BCUT2D eigenvalue weighted by molar-refractivity contribution is 0.0725. The van der Waals surface area contributed by atoms with Gasteiger partial charge in [-0.2, -0.15) is 0 Å². The van der Waals surface area contributed by atoms with Crippen LogP contribution in [-0.2, 0) is 0 Å². The van der Waals surface area contributed by atoms with Gasteiger partial charge in [-0.05, 0) is 49.2 Å². The van der Waals surface area contributed by atoms with Crippen molar-refractivity contribution >= 4 is 5.97 Å². The number of pyridine rings is 1. The van der Waals surface area contributed by atoms with E-state index >= 15 is 0 Å². The van der Waals surface area contributed by atoms with Crippen molar-refractivity contribution in [2.75, 3.05) is 0 Å². The summed E-state index contributed by atoms with van der Waals surface area (Å²) in [4.78, 5) is 15.8. The minimum absolute atomic E-state index is 0.159. The number of esters is 1. The van der Waals surface area contributed by atoms with E-state index < -0.39 is 5.97 Å². The van der Waals surface area contributed by atoms with E-state index in [0.29, 0.717) is 5.56 Å². The van der Waals surface area contributed by atoms with Crippen LogP contribution < -0.4 is 4.74 Å². The molecule has 0 amide bonds. The second-order valence-corrected chi connectivity index (χ2v) is 5.19. The number of ether oxygens (including phenoxy) is 1. The van der Waals surface area contributed by atoms with Crippen LogP contribution in [0, 0.1) is 13.8 Å². The molecular weight excluding hydrogens is 290 g/mol. The normalized spacial score (nSPS) is 10.3. The second kappa shape index (κ2) is 6.36. The minimum Gasteiger partial charge on any atom is -0.402 e. The fourth-order valence-electron chi connectivity index (χ4n) is 2.07. The third-order valence-electron chi connectivity index (χ3n) is 3.54. The maximum Gasteiger partial charge on any atom is 0.346 e. The quantitative estimate of drug-likeness (QED) is 0.694. The molecule has 2 heterocycles. The lowest BCUT2D eigenvalue weighted by Crippen LogP contribution is -2.10. The highest BCUT2D eigenvalue weighted by Gasteiger charge is 2.10. The number of hydrogen-bond donors (Lipinski definition) is 0. The van der Waals surface area contributed by atoms with Crippen molar-refractivity contribution in [2.24, 2.45) is 0 Å². The zero-order valence-corrected chi connectivity index (χ0v) is 12.9. The predicted molar refractivity (Wildman–Crippen MR) is 86.1 cm³/mol. The van der Waals surface area contributed by atoms with E-state index in [1.165, 1.54) is 17.3 Å². The van der Waals surface area contributed by atoms with Crippen LogP contribution in [0.4, 0.5) is 0 Å². The fourth-order valence-corrected chi connectivity index (χ4v) is 2.07. The van der Waals surface area contributed by atoms with Crippen LogP contribution in [0.15, 0.2) is 54.9 Å². The summed E-state index contributed by atoms with van der Waals surface area (Å²) in [5.74, 6) is -0.349. The average Bonchev–Trinajstić information content (AvgIpc) is 2.59. The summed E-state index contributed by atoms with van der Waals surface area (Å²) in [6.07, 6.45) is 3.04. The van der Waals surface area contributed by atoms with Crippen LogP contribution in [0.3, 0.4) is 0 Å². The summed E-state index contributed by atoms with van der Waals surface area (Å²) in [6, 6.07) is 12.8. The molecule has 0 aliphatic heterocycles. The third-order valence-corrected chi connectivity index (χ3v) is 3.54. The standard InChI is InChI=1S/C18H15N3O2/c1-12-5-6-14(10-13(12)2)16-7-8-17(21-20-16)23-18(22)15-4-3-9-19-11-15/h3-11H,1-2H3. The van der Waals surface area contributed by atoms with Gasteiger partial charge in [0.1, 0.15) is 0 Å². The number of rotatable bonds is 3. The Morgan fingerprint density at radius 2 is 1.87 bits per heavy atom. The fraction of sp³-hybridized carbons (Fsp3) is 0.111. The van der Waals surface area contributed by atoms with Gasteiger partial charge in [0.05, 0.1) is 11.3 Å². The minimum atomic E-state index is -0.508. The Hall–Kier alpha value is -3.08. The third kappa shape index (κ3) is 3.40. The summed E-state index contributed by atoms with van der Waals surface area (Å²) in [6.45, 7) is 4.11. The van der Waals surface area contributed by atoms with E-state index in [1.54, 1.807) is 30.5 Å². The summed E-state index contributed by atoms with van der Waals surface area (Å²) in [5.41, 5.74) is 4.49. The van der Waals surface area contributed by atoms with Crippen molar-refractivity contribution in [3.05, 3.63) is 71.5 Å². The number of hydrogen-bond acceptors (Lipinski definition) is 5. The molecule has 3 rings (SSSR count). The van der Waals surface area contributed by atoms with Crippen LogP contribution in [0.2, 0.25) is 0 Å². The largest absolute Gasteiger partial charge is 0.402 e. The van der Waals surface area contributed by atoms with E-state index in [4.69, 9.17) is 4.74 Å². The van der Waals surface area contributed by atoms with Crippen LogP contribution in [0.1, 0.15) is 21.5 Å². The van der Waals surface area contributed by atoms with Gasteiger partial charge in [0.15, 0.2) is 0 Å². The Kier molecular flexibility index (Phi) is 4.10. The molecule has 0 unspecified atom stereocenters. The second-order valence-electron chi connectivity index (χ2n) is 5.19. The molecule has 0 saturated heterocycles. The Labute approximate surface area is 134 Å². The molecule has 2 aromatic heterocycles. The number of carbonyl (C=O) groups excluding carboxylic acids is 1. The predicted octanol–water partition coefficient (Wildman–Crippen LogP) is 3.37. The molecule has 0 atom stereocenters. The lowest BCUT2D eigenvalue weighted by atomic mass is 10.0. The van der Waals surface area contributed by atoms with Crippen molar-refractivity contribution in [2.45, 2.75) is 13.8 Å². The first-order valence-corrected chi connectivity index (χ1v) is 7.17. The Morgan fingerprint density at radius 1 is 1.00 bits per heavy atom. The number of aromatic nitrogens is 3. The summed E-state index contributed by atoms with van der Waals surface area (Å²) in [7, 11) is 0. The first-order valence-electron chi connectivity index (χ1n) is 7.17. The van der Waals surface area contributed by atoms with Crippen molar-refractivity contribution in [3.63, 3.8) is 0 Å². The molecule has 0 N–H and O–H groups in total. The zero-order valence-electron chi connectivity index (χ0n) is 12.9. The number of benzene rings is 1. The van der Waals surface area contributed by atoms with Crippen LogP contribution >= 0.6 is 0 Å². The maximum absolute atomic E-state index is 11.9. The van der Waals surface area contributed by atoms with Crippen molar-refractivity contribution in [1.82, 2.24) is 15.2 Å². The molecule has 0 spiro atoms. The average molecular weight is 305 g/mol. The molecule has 1 aromatic carbocycles. The van der Waals surface area contributed by atoms with Gasteiger partial charge in [0.2, 0.25) is 5.88 Å². The molecular formula is C18H15N3O2. The van der Waals surface area contributed by atoms with E-state index in [-0.39, 0.29) is 5.88 Å². The maximum atomic E-state index is 11.9. The Balaban J connectivity index is 1.77. The molecule has 0 bridgehead atoms. The molecule has 0 fully saturated rings. The summed E-state index contributed by atoms with van der Waals surface area (Å²) in [5, 5.41) is 8.08. The highest BCUT2D eigenvalue weighted by atomic mass is 16.5. The van der Waals surface area contributed by atoms with Gasteiger partial charge < -0.3 is 4.74 Å². The highest BCUT2D eigenvalue weighted by molar-refractivity contribution is 5.90. The molecule has 3 aromatic rings. The van der Waals surface area contributed by atoms with Crippen LogP contribution in [0.5, 0.6) is 5.88 Å². The van der Waals surface area contributed by atoms with Crippen molar-refractivity contribution in [1.29, 1.82) is 0 Å². The monoisotopic (exact) mass is 305 g/mol. The molecule has 5 heteroatoms. The number of nitrogens with zero attached hydrogens (tertiary/aromatic N) is 3. The molecule has 23 heavy (non-hydrogen) atoms. The summed E-state index contributed by atoms with van der Waals surface area (Å²) >= 11 is 0. The van der Waals surface area contributed by atoms with Gasteiger partial charge in [-0.25, -0.2) is 4.79 Å². The van der Waals surface area contributed by atoms with Gasteiger partial charge in [0.25, 0.3) is 0 Å². The van der Waals surface area contributed by atoms with Crippen molar-refractivity contribution in [3.8, 4) is 17.1 Å². The first kappa shape index (κ1) is 14.8. The molecule has 0 aliphatic rings. The molecule has 0 saturated carbocycles. The van der Waals surface area contributed by atoms with Gasteiger partial charge in [-0.15, -0.1) is 10.2 Å². The topological polar surface area (TPSA) is 65.0 Å². The zero-order chi connectivity index (χ0) is 16.2. The Bertz CT molecular complexity index is 831. The lowest BCUT2D eigenvalue weighted by Gasteiger charge is -2.06.